The van der Waals surface area contributed by atoms with Crippen molar-refractivity contribution >= 4 is 7.60 Å². The standard InChI is InChI=1S/C18H37O9P/c19-13-14(20)16(22)18(17(23)15(13)21)27-11-9-7-5-3-1-2-4-6-8-10-12-28(24,25)26/h13-23H,1-12H2,(H2,24,25,26). The second kappa shape index (κ2) is 13.3. The number of rotatable bonds is 14. The molecule has 4 atom stereocenters. The average molecular weight is 428 g/mol. The van der Waals surface area contributed by atoms with Crippen LogP contribution in [-0.4, -0.2) is 84.7 Å². The predicted molar refractivity (Wildman–Crippen MR) is 103 cm³/mol. The zero-order chi connectivity index (χ0) is 21.2. The number of aliphatic hydroxyl groups is 5. The highest BCUT2D eigenvalue weighted by Crippen LogP contribution is 2.35. The smallest absolute Gasteiger partial charge is 0.325 e. The Balaban J connectivity index is 1.97. The molecule has 0 amide bonds. The van der Waals surface area contributed by atoms with E-state index in [2.05, 4.69) is 0 Å². The van der Waals surface area contributed by atoms with Gasteiger partial charge >= 0.3 is 7.60 Å². The van der Waals surface area contributed by atoms with Gasteiger partial charge in [-0.1, -0.05) is 51.4 Å². The highest BCUT2D eigenvalue weighted by molar-refractivity contribution is 7.51. The van der Waals surface area contributed by atoms with E-state index in [9.17, 15) is 30.1 Å². The van der Waals surface area contributed by atoms with E-state index in [0.717, 1.165) is 57.8 Å². The number of ether oxygens (including phenoxy) is 1. The van der Waals surface area contributed by atoms with Crippen LogP contribution in [0, 0.1) is 0 Å². The molecule has 1 aliphatic rings. The maximum absolute atomic E-state index is 10.7. The molecule has 1 fully saturated rings. The zero-order valence-corrected chi connectivity index (χ0v) is 17.2. The second-order valence-electron chi connectivity index (χ2n) is 7.71. The van der Waals surface area contributed by atoms with E-state index in [0.29, 0.717) is 6.42 Å². The van der Waals surface area contributed by atoms with E-state index in [1.807, 2.05) is 0 Å². The summed E-state index contributed by atoms with van der Waals surface area (Å²) in [7, 11) is -3.84. The van der Waals surface area contributed by atoms with Crippen LogP contribution >= 0.6 is 7.60 Å². The normalized spacial score (nSPS) is 31.2. The van der Waals surface area contributed by atoms with Crippen LogP contribution in [0.2, 0.25) is 0 Å². The van der Waals surface area contributed by atoms with Crippen LogP contribution in [0.25, 0.3) is 0 Å². The van der Waals surface area contributed by atoms with Gasteiger partial charge in [0.15, 0.2) is 0 Å². The second-order valence-corrected chi connectivity index (χ2v) is 9.49. The third-order valence-corrected chi connectivity index (χ3v) is 6.13. The van der Waals surface area contributed by atoms with Gasteiger partial charge in [0.05, 0.1) is 0 Å². The molecule has 0 saturated heterocycles. The molecule has 10 heteroatoms. The Bertz CT molecular complexity index is 442. The van der Waals surface area contributed by atoms with Gasteiger partial charge in [0.25, 0.3) is 0 Å². The maximum Gasteiger partial charge on any atom is 0.325 e. The van der Waals surface area contributed by atoms with Crippen molar-refractivity contribution < 1.29 is 44.6 Å². The van der Waals surface area contributed by atoms with Crippen molar-refractivity contribution in [2.45, 2.75) is 101 Å². The molecular formula is C18H37O9P. The first-order chi connectivity index (χ1) is 13.1. The lowest BCUT2D eigenvalue weighted by Crippen LogP contribution is -2.64. The minimum atomic E-state index is -3.84. The minimum absolute atomic E-state index is 0.0253. The third-order valence-electron chi connectivity index (χ3n) is 5.23. The molecule has 0 spiro atoms. The van der Waals surface area contributed by atoms with Crippen molar-refractivity contribution in [3.05, 3.63) is 0 Å². The zero-order valence-electron chi connectivity index (χ0n) is 16.3. The molecule has 0 heterocycles. The highest BCUT2D eigenvalue weighted by atomic mass is 31.2. The average Bonchev–Trinajstić information content (AvgIpc) is 2.63. The molecule has 28 heavy (non-hydrogen) atoms. The molecule has 0 aromatic carbocycles. The van der Waals surface area contributed by atoms with Crippen LogP contribution in [0.4, 0.5) is 0 Å². The lowest BCUT2D eigenvalue weighted by Gasteiger charge is -2.41. The van der Waals surface area contributed by atoms with Crippen molar-refractivity contribution in [1.82, 2.24) is 0 Å². The molecule has 7 N–H and O–H groups in total. The Morgan fingerprint density at radius 3 is 1.36 bits per heavy atom. The molecular weight excluding hydrogens is 391 g/mol. The molecule has 0 aromatic heterocycles. The lowest BCUT2D eigenvalue weighted by molar-refractivity contribution is -0.235. The molecule has 0 aliphatic heterocycles. The van der Waals surface area contributed by atoms with E-state index in [-0.39, 0.29) is 12.8 Å². The van der Waals surface area contributed by atoms with Crippen LogP contribution in [0.3, 0.4) is 0 Å². The summed E-state index contributed by atoms with van der Waals surface area (Å²) in [6.45, 7) is 0.286. The quantitative estimate of drug-likeness (QED) is 0.152. The topological polar surface area (TPSA) is 168 Å². The van der Waals surface area contributed by atoms with E-state index >= 15 is 0 Å². The molecule has 1 rings (SSSR count). The Morgan fingerprint density at radius 2 is 0.929 bits per heavy atom. The summed E-state index contributed by atoms with van der Waals surface area (Å²) in [6.07, 6.45) is 0.696. The SMILES string of the molecule is O=P(O)(O)CCCCCCCCCCCCOC1C(O)C(O)C(O)C(O)C1O. The summed E-state index contributed by atoms with van der Waals surface area (Å²) in [5.41, 5.74) is 0. The van der Waals surface area contributed by atoms with Crippen molar-refractivity contribution in [3.63, 3.8) is 0 Å². The predicted octanol–water partition coefficient (Wildman–Crippen LogP) is 0.268. The molecule has 1 saturated carbocycles. The Morgan fingerprint density at radius 1 is 0.571 bits per heavy atom. The number of aliphatic hydroxyl groups excluding tert-OH is 5. The largest absolute Gasteiger partial charge is 0.387 e. The number of unbranched alkanes of at least 4 members (excludes halogenated alkanes) is 9. The van der Waals surface area contributed by atoms with Crippen LogP contribution in [0.15, 0.2) is 0 Å². The van der Waals surface area contributed by atoms with Crippen molar-refractivity contribution in [1.29, 1.82) is 0 Å². The van der Waals surface area contributed by atoms with Gasteiger partial charge in [-0.25, -0.2) is 0 Å². The van der Waals surface area contributed by atoms with Gasteiger partial charge in [0.2, 0.25) is 0 Å². The fraction of sp³-hybridized carbons (Fsp3) is 1.00. The first-order valence-corrected chi connectivity index (χ1v) is 12.0. The fourth-order valence-electron chi connectivity index (χ4n) is 3.45. The number of hydrogen-bond donors (Lipinski definition) is 7. The van der Waals surface area contributed by atoms with Crippen LogP contribution in [-0.2, 0) is 9.30 Å². The van der Waals surface area contributed by atoms with Gasteiger partial charge < -0.3 is 40.1 Å². The summed E-state index contributed by atoms with van der Waals surface area (Å²) in [6, 6.07) is 0. The maximum atomic E-state index is 10.7. The molecule has 0 aromatic rings. The highest BCUT2D eigenvalue weighted by Gasteiger charge is 2.48. The summed E-state index contributed by atoms with van der Waals surface area (Å²) >= 11 is 0. The molecule has 4 unspecified atom stereocenters. The molecule has 1 aliphatic carbocycles. The van der Waals surface area contributed by atoms with Crippen molar-refractivity contribution in [2.24, 2.45) is 0 Å². The monoisotopic (exact) mass is 428 g/mol. The molecule has 9 nitrogen and oxygen atoms in total. The summed E-state index contributed by atoms with van der Waals surface area (Å²) in [4.78, 5) is 17.5. The van der Waals surface area contributed by atoms with Crippen molar-refractivity contribution in [3.8, 4) is 0 Å². The third kappa shape index (κ3) is 9.61. The van der Waals surface area contributed by atoms with Crippen LogP contribution in [0.5, 0.6) is 0 Å². The van der Waals surface area contributed by atoms with Gasteiger partial charge in [0, 0.05) is 12.8 Å². The Labute approximate surface area is 166 Å². The summed E-state index contributed by atoms with van der Waals surface area (Å²) in [5, 5.41) is 48.5. The molecule has 0 bridgehead atoms. The summed E-state index contributed by atoms with van der Waals surface area (Å²) < 4.78 is 16.1. The first kappa shape index (κ1) is 25.9. The van der Waals surface area contributed by atoms with Crippen LogP contribution < -0.4 is 0 Å². The van der Waals surface area contributed by atoms with Gasteiger partial charge in [-0.05, 0) is 12.8 Å². The molecule has 168 valence electrons. The van der Waals surface area contributed by atoms with Gasteiger partial charge in [-0.3, -0.25) is 4.57 Å². The van der Waals surface area contributed by atoms with E-state index < -0.39 is 44.2 Å². The van der Waals surface area contributed by atoms with Gasteiger partial charge in [0.1, 0.15) is 36.6 Å². The summed E-state index contributed by atoms with van der Waals surface area (Å²) in [5.74, 6) is 0. The number of hydrogen-bond acceptors (Lipinski definition) is 7. The van der Waals surface area contributed by atoms with Gasteiger partial charge in [-0.2, -0.15) is 0 Å². The van der Waals surface area contributed by atoms with E-state index in [1.54, 1.807) is 0 Å². The van der Waals surface area contributed by atoms with E-state index in [1.165, 1.54) is 0 Å². The Hall–Kier alpha value is -0.0900. The van der Waals surface area contributed by atoms with E-state index in [4.69, 9.17) is 14.5 Å². The van der Waals surface area contributed by atoms with Crippen molar-refractivity contribution in [2.75, 3.05) is 12.8 Å². The van der Waals surface area contributed by atoms with Gasteiger partial charge in [-0.15, -0.1) is 0 Å². The lowest BCUT2D eigenvalue weighted by atomic mass is 9.85. The minimum Gasteiger partial charge on any atom is -0.387 e. The van der Waals surface area contributed by atoms with Crippen LogP contribution in [0.1, 0.15) is 64.2 Å². The first-order valence-electron chi connectivity index (χ1n) is 10.2. The fourth-order valence-corrected chi connectivity index (χ4v) is 4.08. The molecule has 0 radical (unpaired) electrons. The Kier molecular flexibility index (Phi) is 12.3.